The molecule has 0 aliphatic heterocycles. The fraction of sp³-hybridized carbons (Fsp3) is 0.417. The number of hydrogen-bond donors (Lipinski definition) is 2. The highest BCUT2D eigenvalue weighted by molar-refractivity contribution is 5.80. The van der Waals surface area contributed by atoms with Crippen molar-refractivity contribution in [2.75, 3.05) is 13.7 Å². The third-order valence-corrected chi connectivity index (χ3v) is 3.29. The van der Waals surface area contributed by atoms with E-state index in [4.69, 9.17) is 10.5 Å². The Morgan fingerprint density at radius 2 is 2.25 bits per heavy atom. The van der Waals surface area contributed by atoms with Crippen LogP contribution in [0.5, 0.6) is 11.5 Å². The third kappa shape index (κ3) is 1.55. The van der Waals surface area contributed by atoms with Gasteiger partial charge in [-0.1, -0.05) is 0 Å². The highest BCUT2D eigenvalue weighted by Gasteiger charge is 2.44. The van der Waals surface area contributed by atoms with E-state index >= 15 is 0 Å². The van der Waals surface area contributed by atoms with Gasteiger partial charge in [0.15, 0.2) is 11.5 Å². The van der Waals surface area contributed by atoms with Gasteiger partial charge >= 0.3 is 0 Å². The summed E-state index contributed by atoms with van der Waals surface area (Å²) in [7, 11) is 1.46. The smallest absolute Gasteiger partial charge is 0.161 e. The number of hydrogen-bond acceptors (Lipinski definition) is 4. The van der Waals surface area contributed by atoms with E-state index in [0.29, 0.717) is 17.9 Å². The van der Waals surface area contributed by atoms with Gasteiger partial charge in [-0.05, 0) is 30.5 Å². The van der Waals surface area contributed by atoms with Gasteiger partial charge in [0.2, 0.25) is 0 Å². The average Bonchev–Trinajstić information content (AvgIpc) is 3.09. The molecule has 86 valence electrons. The standard InChI is InChI=1S/C12H15NO3/c1-16-11-4-8(6-14)9(5-10(11)15)12(7-13)2-3-12/h4-6,15H,2-3,7,13H2,1H3. The van der Waals surface area contributed by atoms with Crippen LogP contribution in [0.25, 0.3) is 0 Å². The number of aldehydes is 1. The summed E-state index contributed by atoms with van der Waals surface area (Å²) in [5.41, 5.74) is 6.99. The Balaban J connectivity index is 2.53. The molecule has 1 aromatic rings. The second-order valence-corrected chi connectivity index (χ2v) is 4.21. The molecule has 1 aromatic carbocycles. The van der Waals surface area contributed by atoms with Crippen LogP contribution in [0.3, 0.4) is 0 Å². The van der Waals surface area contributed by atoms with Crippen LogP contribution in [0.4, 0.5) is 0 Å². The number of rotatable bonds is 4. The Labute approximate surface area is 94.0 Å². The third-order valence-electron chi connectivity index (χ3n) is 3.29. The number of phenols is 1. The van der Waals surface area contributed by atoms with Crippen molar-refractivity contribution >= 4 is 6.29 Å². The first-order valence-corrected chi connectivity index (χ1v) is 5.23. The normalized spacial score (nSPS) is 16.9. The molecule has 4 heteroatoms. The maximum atomic E-state index is 11.0. The van der Waals surface area contributed by atoms with Crippen LogP contribution in [0.1, 0.15) is 28.8 Å². The maximum absolute atomic E-state index is 11.0. The Bertz CT molecular complexity index is 425. The molecule has 0 amide bonds. The monoisotopic (exact) mass is 221 g/mol. The molecule has 4 nitrogen and oxygen atoms in total. The van der Waals surface area contributed by atoms with Gasteiger partial charge in [0.25, 0.3) is 0 Å². The molecule has 1 aliphatic carbocycles. The van der Waals surface area contributed by atoms with E-state index < -0.39 is 0 Å². The molecule has 1 fully saturated rings. The first kappa shape index (κ1) is 11.0. The minimum atomic E-state index is -0.111. The number of phenolic OH excluding ortho intramolecular Hbond substituents is 1. The van der Waals surface area contributed by atoms with Gasteiger partial charge in [-0.25, -0.2) is 0 Å². The van der Waals surface area contributed by atoms with Gasteiger partial charge in [0, 0.05) is 17.5 Å². The number of methoxy groups -OCH3 is 1. The van der Waals surface area contributed by atoms with E-state index in [-0.39, 0.29) is 11.2 Å². The summed E-state index contributed by atoms with van der Waals surface area (Å²) in [6, 6.07) is 3.16. The molecule has 2 rings (SSSR count). The van der Waals surface area contributed by atoms with Crippen LogP contribution in [-0.2, 0) is 5.41 Å². The van der Waals surface area contributed by atoms with Crippen molar-refractivity contribution in [1.29, 1.82) is 0 Å². The number of carbonyl (C=O) groups is 1. The summed E-state index contributed by atoms with van der Waals surface area (Å²) >= 11 is 0. The van der Waals surface area contributed by atoms with Crippen molar-refractivity contribution < 1.29 is 14.6 Å². The zero-order chi connectivity index (χ0) is 11.8. The highest BCUT2D eigenvalue weighted by Crippen LogP contribution is 2.50. The highest BCUT2D eigenvalue weighted by atomic mass is 16.5. The van der Waals surface area contributed by atoms with Crippen LogP contribution in [-0.4, -0.2) is 25.0 Å². The molecule has 0 heterocycles. The predicted octanol–water partition coefficient (Wildman–Crippen LogP) is 1.20. The molecule has 0 radical (unpaired) electrons. The van der Waals surface area contributed by atoms with Crippen molar-refractivity contribution in [3.8, 4) is 11.5 Å². The SMILES string of the molecule is COc1cc(C=O)c(C2(CN)CC2)cc1O. The minimum absolute atomic E-state index is 0.0582. The van der Waals surface area contributed by atoms with Crippen LogP contribution in [0.15, 0.2) is 12.1 Å². The van der Waals surface area contributed by atoms with E-state index in [1.807, 2.05) is 0 Å². The molecule has 0 bridgehead atoms. The van der Waals surface area contributed by atoms with Gasteiger partial charge in [-0.3, -0.25) is 4.79 Å². The van der Waals surface area contributed by atoms with Crippen molar-refractivity contribution in [3.63, 3.8) is 0 Å². The fourth-order valence-electron chi connectivity index (χ4n) is 2.04. The quantitative estimate of drug-likeness (QED) is 0.749. The first-order valence-electron chi connectivity index (χ1n) is 5.23. The van der Waals surface area contributed by atoms with E-state index in [1.54, 1.807) is 12.1 Å². The number of nitrogens with two attached hydrogens (primary N) is 1. The van der Waals surface area contributed by atoms with Crippen LogP contribution in [0.2, 0.25) is 0 Å². The number of aromatic hydroxyl groups is 1. The topological polar surface area (TPSA) is 72.5 Å². The number of carbonyl (C=O) groups excluding carboxylic acids is 1. The molecular weight excluding hydrogens is 206 g/mol. The molecule has 0 aromatic heterocycles. The Hall–Kier alpha value is -1.55. The number of benzene rings is 1. The fourth-order valence-corrected chi connectivity index (χ4v) is 2.04. The Morgan fingerprint density at radius 1 is 1.56 bits per heavy atom. The van der Waals surface area contributed by atoms with E-state index in [1.165, 1.54) is 7.11 Å². The lowest BCUT2D eigenvalue weighted by Crippen LogP contribution is -2.21. The molecule has 0 atom stereocenters. The van der Waals surface area contributed by atoms with Crippen LogP contribution >= 0.6 is 0 Å². The zero-order valence-corrected chi connectivity index (χ0v) is 9.19. The largest absolute Gasteiger partial charge is 0.504 e. The first-order chi connectivity index (χ1) is 7.66. The summed E-state index contributed by atoms with van der Waals surface area (Å²) < 4.78 is 4.97. The average molecular weight is 221 g/mol. The van der Waals surface area contributed by atoms with E-state index in [9.17, 15) is 9.90 Å². The molecule has 0 spiro atoms. The molecule has 3 N–H and O–H groups in total. The maximum Gasteiger partial charge on any atom is 0.161 e. The van der Waals surface area contributed by atoms with Crippen molar-refractivity contribution in [2.45, 2.75) is 18.3 Å². The zero-order valence-electron chi connectivity index (χ0n) is 9.19. The van der Waals surface area contributed by atoms with Crippen LogP contribution < -0.4 is 10.5 Å². The molecule has 0 unspecified atom stereocenters. The van der Waals surface area contributed by atoms with Gasteiger partial charge in [0.1, 0.15) is 6.29 Å². The van der Waals surface area contributed by atoms with Gasteiger partial charge < -0.3 is 15.6 Å². The minimum Gasteiger partial charge on any atom is -0.504 e. The molecular formula is C12H15NO3. The second-order valence-electron chi connectivity index (χ2n) is 4.21. The Morgan fingerprint density at radius 3 is 2.69 bits per heavy atom. The second kappa shape index (κ2) is 3.79. The predicted molar refractivity (Wildman–Crippen MR) is 60.0 cm³/mol. The molecule has 1 aliphatic rings. The van der Waals surface area contributed by atoms with Crippen LogP contribution in [0, 0.1) is 0 Å². The molecule has 0 saturated heterocycles. The van der Waals surface area contributed by atoms with E-state index in [0.717, 1.165) is 24.7 Å². The van der Waals surface area contributed by atoms with Gasteiger partial charge in [0.05, 0.1) is 7.11 Å². The molecule has 1 saturated carbocycles. The lowest BCUT2D eigenvalue weighted by atomic mass is 9.91. The summed E-state index contributed by atoms with van der Waals surface area (Å²) in [6.07, 6.45) is 2.72. The number of ether oxygens (including phenoxy) is 1. The summed E-state index contributed by atoms with van der Waals surface area (Å²) in [5, 5.41) is 9.72. The van der Waals surface area contributed by atoms with E-state index in [2.05, 4.69) is 0 Å². The summed E-state index contributed by atoms with van der Waals surface area (Å²) in [6.45, 7) is 0.500. The summed E-state index contributed by atoms with van der Waals surface area (Å²) in [4.78, 5) is 11.0. The lowest BCUT2D eigenvalue weighted by Gasteiger charge is -2.16. The summed E-state index contributed by atoms with van der Waals surface area (Å²) in [5.74, 6) is 0.376. The van der Waals surface area contributed by atoms with Crippen molar-refractivity contribution in [2.24, 2.45) is 5.73 Å². The molecule has 16 heavy (non-hydrogen) atoms. The van der Waals surface area contributed by atoms with Crippen molar-refractivity contribution in [3.05, 3.63) is 23.3 Å². The lowest BCUT2D eigenvalue weighted by molar-refractivity contribution is 0.112. The van der Waals surface area contributed by atoms with Gasteiger partial charge in [-0.15, -0.1) is 0 Å². The Kier molecular flexibility index (Phi) is 2.59. The van der Waals surface area contributed by atoms with Crippen molar-refractivity contribution in [1.82, 2.24) is 0 Å². The van der Waals surface area contributed by atoms with Gasteiger partial charge in [-0.2, -0.15) is 0 Å².